The third-order valence-electron chi connectivity index (χ3n) is 4.95. The molecule has 154 valence electrons. The average Bonchev–Trinajstić information content (AvgIpc) is 3.38. The third kappa shape index (κ3) is 4.15. The van der Waals surface area contributed by atoms with Gasteiger partial charge in [0, 0.05) is 18.3 Å². The van der Waals surface area contributed by atoms with E-state index in [0.717, 1.165) is 37.1 Å². The van der Waals surface area contributed by atoms with Gasteiger partial charge >= 0.3 is 0 Å². The quantitative estimate of drug-likeness (QED) is 0.364. The lowest BCUT2D eigenvalue weighted by atomic mass is 10.2. The van der Waals surface area contributed by atoms with Crippen molar-refractivity contribution in [3.05, 3.63) is 72.3 Å². The van der Waals surface area contributed by atoms with E-state index in [9.17, 15) is 4.79 Å². The average molecular weight is 445 g/mol. The van der Waals surface area contributed by atoms with Crippen LogP contribution in [-0.2, 0) is 4.79 Å². The first-order valence-corrected chi connectivity index (χ1v) is 11.5. The summed E-state index contributed by atoms with van der Waals surface area (Å²) < 4.78 is 2.30. The first kappa shape index (κ1) is 19.7. The maximum absolute atomic E-state index is 12.5. The minimum atomic E-state index is -0.0787. The van der Waals surface area contributed by atoms with Crippen molar-refractivity contribution in [2.45, 2.75) is 6.92 Å². The molecule has 0 spiro atoms. The molecule has 0 saturated carbocycles. The van der Waals surface area contributed by atoms with Crippen LogP contribution in [0.4, 0.5) is 10.8 Å². The highest BCUT2D eigenvalue weighted by atomic mass is 32.1. The Morgan fingerprint density at radius 1 is 0.935 bits per heavy atom. The summed E-state index contributed by atoms with van der Waals surface area (Å²) >= 11 is 3.27. The smallest absolute Gasteiger partial charge is 0.243 e. The molecule has 0 unspecified atom stereocenters. The Hall–Kier alpha value is -3.29. The molecule has 3 aromatic carbocycles. The van der Waals surface area contributed by atoms with E-state index in [4.69, 9.17) is 4.98 Å². The number of para-hydroxylation sites is 1. The van der Waals surface area contributed by atoms with E-state index in [1.165, 1.54) is 10.3 Å². The number of aromatic nitrogens is 2. The molecule has 5 rings (SSSR count). The minimum Gasteiger partial charge on any atom is -0.342 e. The van der Waals surface area contributed by atoms with Crippen molar-refractivity contribution in [3.63, 3.8) is 0 Å². The van der Waals surface area contributed by atoms with Crippen LogP contribution in [0.15, 0.2) is 66.7 Å². The molecule has 0 fully saturated rings. The second-order valence-corrected chi connectivity index (χ2v) is 9.48. The largest absolute Gasteiger partial charge is 0.342 e. The number of nitrogens with one attached hydrogen (secondary N) is 1. The number of carbonyl (C=O) groups is 1. The van der Waals surface area contributed by atoms with E-state index in [1.807, 2.05) is 60.5 Å². The number of aryl methyl sites for hydroxylation is 1. The first-order chi connectivity index (χ1) is 15.0. The van der Waals surface area contributed by atoms with Crippen LogP contribution >= 0.6 is 22.7 Å². The summed E-state index contributed by atoms with van der Waals surface area (Å²) in [4.78, 5) is 23.7. The van der Waals surface area contributed by atoms with Crippen molar-refractivity contribution in [3.8, 4) is 10.6 Å². The summed E-state index contributed by atoms with van der Waals surface area (Å²) in [6, 6.07) is 22.1. The van der Waals surface area contributed by atoms with E-state index in [0.29, 0.717) is 0 Å². The fourth-order valence-corrected chi connectivity index (χ4v) is 5.35. The van der Waals surface area contributed by atoms with Crippen LogP contribution in [0.5, 0.6) is 0 Å². The SMILES string of the molecule is Cc1ccc2nc(-c3ccc(NC(=O)CN(C)c4nc5ccccc5s4)cc3)sc2c1. The number of carbonyl (C=O) groups excluding carboxylic acids is 1. The maximum Gasteiger partial charge on any atom is 0.243 e. The number of likely N-dealkylation sites (N-methyl/N-ethyl adjacent to an activating group) is 1. The molecule has 0 bridgehead atoms. The van der Waals surface area contributed by atoms with Crippen molar-refractivity contribution >= 4 is 59.8 Å². The number of anilines is 2. The Labute approximate surface area is 188 Å². The standard InChI is InChI=1S/C24H20N4OS2/c1-15-7-12-19-21(13-15)30-23(26-19)16-8-10-17(11-9-16)25-22(29)14-28(2)24-27-18-5-3-4-6-20(18)31-24/h3-13H,14H2,1-2H3,(H,25,29). The molecule has 0 aliphatic carbocycles. The van der Waals surface area contributed by atoms with Crippen molar-refractivity contribution in [1.29, 1.82) is 0 Å². The monoisotopic (exact) mass is 444 g/mol. The fraction of sp³-hybridized carbons (Fsp3) is 0.125. The molecule has 7 heteroatoms. The number of amides is 1. The number of thiazole rings is 2. The van der Waals surface area contributed by atoms with Crippen LogP contribution in [0, 0.1) is 6.92 Å². The lowest BCUT2D eigenvalue weighted by Crippen LogP contribution is -2.29. The molecule has 1 amide bonds. The third-order valence-corrected chi connectivity index (χ3v) is 7.17. The Balaban J connectivity index is 1.25. The lowest BCUT2D eigenvalue weighted by Gasteiger charge is -2.15. The summed E-state index contributed by atoms with van der Waals surface area (Å²) in [7, 11) is 1.88. The molecule has 0 aliphatic rings. The predicted molar refractivity (Wildman–Crippen MR) is 131 cm³/mol. The van der Waals surface area contributed by atoms with Gasteiger partial charge in [-0.3, -0.25) is 4.79 Å². The van der Waals surface area contributed by atoms with Crippen molar-refractivity contribution < 1.29 is 4.79 Å². The number of benzene rings is 3. The molecular weight excluding hydrogens is 424 g/mol. The highest BCUT2D eigenvalue weighted by Crippen LogP contribution is 2.31. The van der Waals surface area contributed by atoms with Crippen LogP contribution < -0.4 is 10.2 Å². The molecule has 1 N–H and O–H groups in total. The normalized spacial score (nSPS) is 11.2. The second-order valence-electron chi connectivity index (χ2n) is 7.44. The molecule has 2 heterocycles. The highest BCUT2D eigenvalue weighted by Gasteiger charge is 2.13. The molecule has 5 aromatic rings. The predicted octanol–water partition coefficient (Wildman–Crippen LogP) is 5.96. The molecule has 0 aliphatic heterocycles. The van der Waals surface area contributed by atoms with Gasteiger partial charge in [0.25, 0.3) is 0 Å². The van der Waals surface area contributed by atoms with Crippen LogP contribution in [-0.4, -0.2) is 29.5 Å². The Morgan fingerprint density at radius 3 is 2.52 bits per heavy atom. The highest BCUT2D eigenvalue weighted by molar-refractivity contribution is 7.22. The summed E-state index contributed by atoms with van der Waals surface area (Å²) in [6.45, 7) is 2.32. The van der Waals surface area contributed by atoms with Crippen LogP contribution in [0.2, 0.25) is 0 Å². The van der Waals surface area contributed by atoms with Gasteiger partial charge in [0.1, 0.15) is 5.01 Å². The van der Waals surface area contributed by atoms with Crippen molar-refractivity contribution in [2.75, 3.05) is 23.8 Å². The first-order valence-electron chi connectivity index (χ1n) is 9.89. The van der Waals surface area contributed by atoms with Gasteiger partial charge in [-0.05, 0) is 61.0 Å². The Kier molecular flexibility index (Phi) is 5.13. The molecule has 0 atom stereocenters. The van der Waals surface area contributed by atoms with Gasteiger partial charge in [-0.15, -0.1) is 11.3 Å². The number of fused-ring (bicyclic) bond motifs is 2. The topological polar surface area (TPSA) is 58.1 Å². The van der Waals surface area contributed by atoms with E-state index in [2.05, 4.69) is 35.4 Å². The number of nitrogens with zero attached hydrogens (tertiary/aromatic N) is 3. The zero-order valence-corrected chi connectivity index (χ0v) is 18.8. The summed E-state index contributed by atoms with van der Waals surface area (Å²) in [6.07, 6.45) is 0. The van der Waals surface area contributed by atoms with E-state index in [1.54, 1.807) is 22.7 Å². The van der Waals surface area contributed by atoms with E-state index < -0.39 is 0 Å². The number of hydrogen-bond donors (Lipinski definition) is 1. The van der Waals surface area contributed by atoms with Gasteiger partial charge < -0.3 is 10.2 Å². The lowest BCUT2D eigenvalue weighted by molar-refractivity contribution is -0.114. The van der Waals surface area contributed by atoms with E-state index in [-0.39, 0.29) is 12.5 Å². The zero-order chi connectivity index (χ0) is 21.4. The Bertz CT molecular complexity index is 1360. The van der Waals surface area contributed by atoms with Crippen molar-refractivity contribution in [1.82, 2.24) is 9.97 Å². The molecule has 2 aromatic heterocycles. The zero-order valence-electron chi connectivity index (χ0n) is 17.1. The van der Waals surface area contributed by atoms with Gasteiger partial charge in [-0.1, -0.05) is 29.5 Å². The molecule has 0 saturated heterocycles. The van der Waals surface area contributed by atoms with E-state index >= 15 is 0 Å². The van der Waals surface area contributed by atoms with Gasteiger partial charge in [0.15, 0.2) is 5.13 Å². The molecular formula is C24H20N4OS2. The van der Waals surface area contributed by atoms with Crippen molar-refractivity contribution in [2.24, 2.45) is 0 Å². The number of hydrogen-bond acceptors (Lipinski definition) is 6. The van der Waals surface area contributed by atoms with Crippen LogP contribution in [0.3, 0.4) is 0 Å². The molecule has 31 heavy (non-hydrogen) atoms. The van der Waals surface area contributed by atoms with Gasteiger partial charge in [0.2, 0.25) is 5.91 Å². The van der Waals surface area contributed by atoms with Gasteiger partial charge in [0.05, 0.1) is 27.0 Å². The maximum atomic E-state index is 12.5. The second kappa shape index (κ2) is 8.09. The van der Waals surface area contributed by atoms with Gasteiger partial charge in [-0.25, -0.2) is 9.97 Å². The fourth-order valence-electron chi connectivity index (χ4n) is 3.36. The Morgan fingerprint density at radius 2 is 1.71 bits per heavy atom. The van der Waals surface area contributed by atoms with Gasteiger partial charge in [-0.2, -0.15) is 0 Å². The number of rotatable bonds is 5. The van der Waals surface area contributed by atoms with Crippen LogP contribution in [0.25, 0.3) is 31.0 Å². The minimum absolute atomic E-state index is 0.0787. The molecule has 5 nitrogen and oxygen atoms in total. The summed E-state index contributed by atoms with van der Waals surface area (Å²) in [5.74, 6) is -0.0787. The summed E-state index contributed by atoms with van der Waals surface area (Å²) in [5.41, 5.74) is 5.01. The summed E-state index contributed by atoms with van der Waals surface area (Å²) in [5, 5.41) is 4.78. The molecule has 0 radical (unpaired) electrons. The van der Waals surface area contributed by atoms with Crippen LogP contribution in [0.1, 0.15) is 5.56 Å².